The van der Waals surface area contributed by atoms with E-state index < -0.39 is 0 Å². The molecular formula is C8H10BrN3O. The van der Waals surface area contributed by atoms with E-state index in [4.69, 9.17) is 0 Å². The summed E-state index contributed by atoms with van der Waals surface area (Å²) >= 11 is 3.36. The van der Waals surface area contributed by atoms with Crippen LogP contribution < -0.4 is 0 Å². The molecule has 0 N–H and O–H groups in total. The fourth-order valence-corrected chi connectivity index (χ4v) is 1.99. The molecule has 5 heteroatoms. The minimum atomic E-state index is 0.675. The first kappa shape index (κ1) is 8.74. The third-order valence-corrected chi connectivity index (χ3v) is 3.09. The fraction of sp³-hybridized carbons (Fsp3) is 0.500. The highest BCUT2D eigenvalue weighted by molar-refractivity contribution is 9.10. The first-order valence-corrected chi connectivity index (χ1v) is 4.91. The van der Waals surface area contributed by atoms with Gasteiger partial charge in [-0.3, -0.25) is 4.79 Å². The minimum absolute atomic E-state index is 0.675. The van der Waals surface area contributed by atoms with Gasteiger partial charge in [-0.2, -0.15) is 0 Å². The lowest BCUT2D eigenvalue weighted by molar-refractivity contribution is -0.119. The van der Waals surface area contributed by atoms with Gasteiger partial charge >= 0.3 is 0 Å². The highest BCUT2D eigenvalue weighted by Gasteiger charge is 2.20. The molecular weight excluding hydrogens is 234 g/mol. The summed E-state index contributed by atoms with van der Waals surface area (Å²) in [5, 5.41) is 0. The van der Waals surface area contributed by atoms with Gasteiger partial charge in [0.15, 0.2) is 4.73 Å². The molecule has 1 aromatic rings. The van der Waals surface area contributed by atoms with Gasteiger partial charge in [-0.25, -0.2) is 4.98 Å². The summed E-state index contributed by atoms with van der Waals surface area (Å²) in [5.41, 5.74) is 2.23. The lowest BCUT2D eigenvalue weighted by atomic mass is 10.1. The molecule has 0 bridgehead atoms. The normalized spacial score (nSPS) is 15.7. The summed E-state index contributed by atoms with van der Waals surface area (Å²) in [6, 6.07) is 0. The van der Waals surface area contributed by atoms with E-state index in [1.54, 1.807) is 4.90 Å². The van der Waals surface area contributed by atoms with Crippen LogP contribution in [0.4, 0.5) is 0 Å². The van der Waals surface area contributed by atoms with Crippen molar-refractivity contribution >= 4 is 22.3 Å². The molecule has 0 fully saturated rings. The largest absolute Gasteiger partial charge is 0.339 e. The topological polar surface area (TPSA) is 38.1 Å². The third-order valence-electron chi connectivity index (χ3n) is 2.38. The maximum Gasteiger partial charge on any atom is 0.210 e. The first-order chi connectivity index (χ1) is 6.22. The number of carbonyl (C=O) groups excluding carboxylic acids is 1. The van der Waals surface area contributed by atoms with Crippen LogP contribution in [0.5, 0.6) is 0 Å². The lowest BCUT2D eigenvalue weighted by Gasteiger charge is -2.22. The van der Waals surface area contributed by atoms with Crippen molar-refractivity contribution in [3.8, 4) is 0 Å². The monoisotopic (exact) mass is 243 g/mol. The molecule has 0 spiro atoms. The second kappa shape index (κ2) is 3.14. The number of fused-ring (bicyclic) bond motifs is 1. The van der Waals surface area contributed by atoms with Crippen molar-refractivity contribution < 1.29 is 4.79 Å². The highest BCUT2D eigenvalue weighted by Crippen LogP contribution is 2.20. The Hall–Kier alpha value is -0.840. The number of rotatable bonds is 1. The highest BCUT2D eigenvalue weighted by atomic mass is 79.9. The van der Waals surface area contributed by atoms with Crippen LogP contribution in [-0.4, -0.2) is 27.4 Å². The van der Waals surface area contributed by atoms with Crippen molar-refractivity contribution in [2.75, 3.05) is 6.54 Å². The maximum absolute atomic E-state index is 10.6. The summed E-state index contributed by atoms with van der Waals surface area (Å²) in [7, 11) is 1.95. The molecule has 0 aliphatic carbocycles. The van der Waals surface area contributed by atoms with E-state index in [-0.39, 0.29) is 0 Å². The van der Waals surface area contributed by atoms with E-state index >= 15 is 0 Å². The van der Waals surface area contributed by atoms with Gasteiger partial charge in [0, 0.05) is 20.0 Å². The second-order valence-electron chi connectivity index (χ2n) is 3.16. The molecule has 1 amide bonds. The molecule has 0 unspecified atom stereocenters. The molecule has 1 aromatic heterocycles. The third kappa shape index (κ3) is 1.37. The Labute approximate surface area is 84.7 Å². The molecule has 0 atom stereocenters. The zero-order valence-electron chi connectivity index (χ0n) is 7.33. The van der Waals surface area contributed by atoms with Gasteiger partial charge in [-0.1, -0.05) is 0 Å². The van der Waals surface area contributed by atoms with Gasteiger partial charge in [0.25, 0.3) is 0 Å². The SMILES string of the molecule is Cn1c(Br)nc2c1CN(C=O)CC2. The standard InChI is InChI=1S/C8H10BrN3O/c1-11-7-4-12(5-13)3-2-6(7)10-8(11)9/h5H,2-4H2,1H3. The quantitative estimate of drug-likeness (QED) is 0.682. The lowest BCUT2D eigenvalue weighted by Crippen LogP contribution is -2.30. The Balaban J connectivity index is 2.37. The number of halogens is 1. The summed E-state index contributed by atoms with van der Waals surface area (Å²) < 4.78 is 2.82. The zero-order valence-corrected chi connectivity index (χ0v) is 8.91. The van der Waals surface area contributed by atoms with Crippen LogP contribution in [0.2, 0.25) is 0 Å². The smallest absolute Gasteiger partial charge is 0.210 e. The first-order valence-electron chi connectivity index (χ1n) is 4.11. The van der Waals surface area contributed by atoms with Crippen LogP contribution in [-0.2, 0) is 24.8 Å². The number of aromatic nitrogens is 2. The molecule has 0 saturated carbocycles. The molecule has 13 heavy (non-hydrogen) atoms. The van der Waals surface area contributed by atoms with Gasteiger partial charge in [-0.15, -0.1) is 0 Å². The molecule has 2 rings (SSSR count). The molecule has 2 heterocycles. The van der Waals surface area contributed by atoms with Crippen LogP contribution in [0, 0.1) is 0 Å². The Kier molecular flexibility index (Phi) is 2.11. The average Bonchev–Trinajstić information content (AvgIpc) is 2.43. The Morgan fingerprint density at radius 2 is 2.38 bits per heavy atom. The van der Waals surface area contributed by atoms with Gasteiger partial charge in [0.2, 0.25) is 6.41 Å². The van der Waals surface area contributed by atoms with Crippen molar-refractivity contribution in [1.29, 1.82) is 0 Å². The van der Waals surface area contributed by atoms with E-state index in [9.17, 15) is 4.79 Å². The van der Waals surface area contributed by atoms with Crippen molar-refractivity contribution in [2.45, 2.75) is 13.0 Å². The predicted octanol–water partition coefficient (Wildman–Crippen LogP) is 0.697. The number of carbonyl (C=O) groups is 1. The van der Waals surface area contributed by atoms with Gasteiger partial charge < -0.3 is 9.47 Å². The molecule has 4 nitrogen and oxygen atoms in total. The van der Waals surface area contributed by atoms with Crippen LogP contribution >= 0.6 is 15.9 Å². The van der Waals surface area contributed by atoms with Crippen LogP contribution in [0.25, 0.3) is 0 Å². The predicted molar refractivity (Wildman–Crippen MR) is 51.1 cm³/mol. The van der Waals surface area contributed by atoms with E-state index in [2.05, 4.69) is 20.9 Å². The summed E-state index contributed by atoms with van der Waals surface area (Å²) in [4.78, 5) is 16.7. The Morgan fingerprint density at radius 1 is 1.62 bits per heavy atom. The van der Waals surface area contributed by atoms with E-state index in [1.165, 1.54) is 0 Å². The van der Waals surface area contributed by atoms with Gasteiger partial charge in [0.05, 0.1) is 17.9 Å². The molecule has 0 aromatic carbocycles. The van der Waals surface area contributed by atoms with Crippen LogP contribution in [0.15, 0.2) is 4.73 Å². The van der Waals surface area contributed by atoms with Gasteiger partial charge in [0.1, 0.15) is 0 Å². The number of hydrogen-bond donors (Lipinski definition) is 0. The molecule has 1 aliphatic rings. The number of imidazole rings is 1. The molecule has 1 aliphatic heterocycles. The maximum atomic E-state index is 10.6. The van der Waals surface area contributed by atoms with Crippen molar-refractivity contribution in [3.63, 3.8) is 0 Å². The summed E-state index contributed by atoms with van der Waals surface area (Å²) in [5.74, 6) is 0. The number of nitrogens with zero attached hydrogens (tertiary/aromatic N) is 3. The minimum Gasteiger partial charge on any atom is -0.339 e. The second-order valence-corrected chi connectivity index (χ2v) is 3.87. The summed E-state index contributed by atoms with van der Waals surface area (Å²) in [6.45, 7) is 1.45. The van der Waals surface area contributed by atoms with Crippen LogP contribution in [0.1, 0.15) is 11.4 Å². The van der Waals surface area contributed by atoms with E-state index in [0.29, 0.717) is 6.54 Å². The van der Waals surface area contributed by atoms with Crippen molar-refractivity contribution in [2.24, 2.45) is 7.05 Å². The zero-order chi connectivity index (χ0) is 9.42. The fourth-order valence-electron chi connectivity index (χ4n) is 1.56. The average molecular weight is 244 g/mol. The van der Waals surface area contributed by atoms with Crippen molar-refractivity contribution in [3.05, 3.63) is 16.1 Å². The van der Waals surface area contributed by atoms with E-state index in [0.717, 1.165) is 35.5 Å². The van der Waals surface area contributed by atoms with Gasteiger partial charge in [-0.05, 0) is 15.9 Å². The number of amides is 1. The van der Waals surface area contributed by atoms with Crippen LogP contribution in [0.3, 0.4) is 0 Å². The summed E-state index contributed by atoms with van der Waals surface area (Å²) in [6.07, 6.45) is 1.75. The van der Waals surface area contributed by atoms with E-state index in [1.807, 2.05) is 11.6 Å². The molecule has 70 valence electrons. The number of hydrogen-bond acceptors (Lipinski definition) is 2. The Morgan fingerprint density at radius 3 is 3.08 bits per heavy atom. The van der Waals surface area contributed by atoms with Crippen molar-refractivity contribution in [1.82, 2.24) is 14.5 Å². The Bertz CT molecular complexity index is 347. The molecule has 0 radical (unpaired) electrons. The molecule has 0 saturated heterocycles.